The van der Waals surface area contributed by atoms with Crippen LogP contribution in [0.3, 0.4) is 0 Å². The number of nitrogens with zero attached hydrogens (tertiary/aromatic N) is 1. The standard InChI is InChI=1S/C13H13NO3/c1-17-11-4-2-3-10-12(11)9(13(15)16)7-14(10)8-5-6-8/h2-4,7-8H,5-6H2,1H3,(H,15,16). The topological polar surface area (TPSA) is 51.5 Å². The van der Waals surface area contributed by atoms with Gasteiger partial charge in [0.2, 0.25) is 0 Å². The molecule has 3 rings (SSSR count). The van der Waals surface area contributed by atoms with Gasteiger partial charge in [0.15, 0.2) is 0 Å². The highest BCUT2D eigenvalue weighted by atomic mass is 16.5. The van der Waals surface area contributed by atoms with Gasteiger partial charge in [-0.3, -0.25) is 0 Å². The lowest BCUT2D eigenvalue weighted by atomic mass is 10.1. The van der Waals surface area contributed by atoms with Gasteiger partial charge < -0.3 is 14.4 Å². The molecular weight excluding hydrogens is 218 g/mol. The molecule has 0 amide bonds. The lowest BCUT2D eigenvalue weighted by Crippen LogP contribution is -1.95. The Morgan fingerprint density at radius 1 is 1.47 bits per heavy atom. The molecule has 88 valence electrons. The fraction of sp³-hybridized carbons (Fsp3) is 0.308. The smallest absolute Gasteiger partial charge is 0.338 e. The molecule has 4 nitrogen and oxygen atoms in total. The SMILES string of the molecule is COc1cccc2c1c(C(=O)O)cn2C1CC1. The number of hydrogen-bond donors (Lipinski definition) is 1. The molecule has 0 spiro atoms. The Kier molecular flexibility index (Phi) is 2.11. The van der Waals surface area contributed by atoms with E-state index in [9.17, 15) is 9.90 Å². The third-order valence-corrected chi connectivity index (χ3v) is 3.21. The molecule has 1 aromatic carbocycles. The lowest BCUT2D eigenvalue weighted by Gasteiger charge is -2.04. The van der Waals surface area contributed by atoms with Crippen molar-refractivity contribution < 1.29 is 14.6 Å². The Morgan fingerprint density at radius 2 is 2.24 bits per heavy atom. The molecule has 0 bridgehead atoms. The summed E-state index contributed by atoms with van der Waals surface area (Å²) in [6.07, 6.45) is 3.98. The number of rotatable bonds is 3. The van der Waals surface area contributed by atoms with Crippen molar-refractivity contribution in [3.05, 3.63) is 30.0 Å². The van der Waals surface area contributed by atoms with Gasteiger partial charge in [0.05, 0.1) is 23.6 Å². The van der Waals surface area contributed by atoms with E-state index in [1.807, 2.05) is 12.1 Å². The van der Waals surface area contributed by atoms with E-state index >= 15 is 0 Å². The zero-order valence-electron chi connectivity index (χ0n) is 9.51. The maximum Gasteiger partial charge on any atom is 0.338 e. The summed E-state index contributed by atoms with van der Waals surface area (Å²) in [7, 11) is 1.56. The van der Waals surface area contributed by atoms with E-state index in [1.54, 1.807) is 19.4 Å². The van der Waals surface area contributed by atoms with Gasteiger partial charge in [0.25, 0.3) is 0 Å². The minimum Gasteiger partial charge on any atom is -0.496 e. The van der Waals surface area contributed by atoms with E-state index in [2.05, 4.69) is 4.57 Å². The summed E-state index contributed by atoms with van der Waals surface area (Å²) < 4.78 is 7.31. The van der Waals surface area contributed by atoms with Crippen LogP contribution in [0.25, 0.3) is 10.9 Å². The van der Waals surface area contributed by atoms with Crippen LogP contribution in [0.1, 0.15) is 29.2 Å². The summed E-state index contributed by atoms with van der Waals surface area (Å²) >= 11 is 0. The number of methoxy groups -OCH3 is 1. The third kappa shape index (κ3) is 1.48. The van der Waals surface area contributed by atoms with Crippen molar-refractivity contribution in [3.63, 3.8) is 0 Å². The highest BCUT2D eigenvalue weighted by Gasteiger charge is 2.28. The predicted molar refractivity (Wildman–Crippen MR) is 63.7 cm³/mol. The Balaban J connectivity index is 2.35. The van der Waals surface area contributed by atoms with Gasteiger partial charge in [0.1, 0.15) is 5.75 Å². The van der Waals surface area contributed by atoms with Crippen LogP contribution < -0.4 is 4.74 Å². The minimum absolute atomic E-state index is 0.323. The molecule has 17 heavy (non-hydrogen) atoms. The molecule has 0 saturated heterocycles. The molecule has 0 unspecified atom stereocenters. The maximum atomic E-state index is 11.3. The van der Waals surface area contributed by atoms with Crippen LogP contribution >= 0.6 is 0 Å². The molecule has 1 N–H and O–H groups in total. The Morgan fingerprint density at radius 3 is 2.82 bits per heavy atom. The van der Waals surface area contributed by atoms with Crippen molar-refractivity contribution in [1.82, 2.24) is 4.57 Å². The van der Waals surface area contributed by atoms with Gasteiger partial charge in [-0.05, 0) is 25.0 Å². The fourth-order valence-corrected chi connectivity index (χ4v) is 2.27. The van der Waals surface area contributed by atoms with Crippen molar-refractivity contribution in [1.29, 1.82) is 0 Å². The second-order valence-corrected chi connectivity index (χ2v) is 4.34. The van der Waals surface area contributed by atoms with Crippen LogP contribution in [-0.2, 0) is 0 Å². The summed E-state index contributed by atoms with van der Waals surface area (Å²) in [5, 5.41) is 9.95. The van der Waals surface area contributed by atoms with E-state index in [0.29, 0.717) is 22.7 Å². The molecule has 1 aromatic heterocycles. The van der Waals surface area contributed by atoms with Crippen molar-refractivity contribution in [2.75, 3.05) is 7.11 Å². The summed E-state index contributed by atoms with van der Waals surface area (Å²) in [6.45, 7) is 0. The zero-order chi connectivity index (χ0) is 12.0. The summed E-state index contributed by atoms with van der Waals surface area (Å²) in [5.74, 6) is -0.279. The van der Waals surface area contributed by atoms with Crippen molar-refractivity contribution in [2.24, 2.45) is 0 Å². The molecule has 1 aliphatic carbocycles. The van der Waals surface area contributed by atoms with Gasteiger partial charge in [-0.2, -0.15) is 0 Å². The Labute approximate surface area is 98.4 Å². The molecule has 1 heterocycles. The molecular formula is C13H13NO3. The number of carboxylic acids is 1. The van der Waals surface area contributed by atoms with Gasteiger partial charge in [-0.25, -0.2) is 4.79 Å². The predicted octanol–water partition coefficient (Wildman–Crippen LogP) is 2.68. The van der Waals surface area contributed by atoms with Crippen LogP contribution in [0.4, 0.5) is 0 Å². The van der Waals surface area contributed by atoms with Crippen molar-refractivity contribution >= 4 is 16.9 Å². The highest BCUT2D eigenvalue weighted by Crippen LogP contribution is 2.41. The van der Waals surface area contributed by atoms with Crippen LogP contribution in [0.5, 0.6) is 5.75 Å². The van der Waals surface area contributed by atoms with Gasteiger partial charge in [-0.1, -0.05) is 6.07 Å². The molecule has 1 saturated carbocycles. The summed E-state index contributed by atoms with van der Waals surface area (Å²) in [5.41, 5.74) is 1.27. The van der Waals surface area contributed by atoms with Crippen LogP contribution in [0.2, 0.25) is 0 Å². The van der Waals surface area contributed by atoms with Gasteiger partial charge in [-0.15, -0.1) is 0 Å². The first-order chi connectivity index (χ1) is 8.22. The average Bonchev–Trinajstić information content (AvgIpc) is 3.08. The molecule has 2 aromatic rings. The Hall–Kier alpha value is -1.97. The van der Waals surface area contributed by atoms with E-state index in [1.165, 1.54) is 0 Å². The maximum absolute atomic E-state index is 11.3. The zero-order valence-corrected chi connectivity index (χ0v) is 9.51. The molecule has 1 fully saturated rings. The molecule has 0 aliphatic heterocycles. The lowest BCUT2D eigenvalue weighted by molar-refractivity contribution is 0.0698. The highest BCUT2D eigenvalue weighted by molar-refractivity contribution is 6.06. The molecule has 0 atom stereocenters. The molecule has 1 aliphatic rings. The second kappa shape index (κ2) is 3.52. The number of fused-ring (bicyclic) bond motifs is 1. The number of hydrogen-bond acceptors (Lipinski definition) is 2. The average molecular weight is 231 g/mol. The number of aromatic nitrogens is 1. The van der Waals surface area contributed by atoms with Crippen LogP contribution in [-0.4, -0.2) is 22.8 Å². The van der Waals surface area contributed by atoms with E-state index in [4.69, 9.17) is 4.74 Å². The number of carboxylic acid groups (broad SMARTS) is 1. The first kappa shape index (κ1) is 10.2. The third-order valence-electron chi connectivity index (χ3n) is 3.21. The monoisotopic (exact) mass is 231 g/mol. The van der Waals surface area contributed by atoms with E-state index < -0.39 is 5.97 Å². The first-order valence-electron chi connectivity index (χ1n) is 5.63. The van der Waals surface area contributed by atoms with Crippen molar-refractivity contribution in [2.45, 2.75) is 18.9 Å². The number of carbonyl (C=O) groups is 1. The van der Waals surface area contributed by atoms with E-state index in [0.717, 1.165) is 18.4 Å². The van der Waals surface area contributed by atoms with Crippen LogP contribution in [0, 0.1) is 0 Å². The Bertz CT molecular complexity index is 596. The number of aromatic carboxylic acids is 1. The number of ether oxygens (including phenoxy) is 1. The quantitative estimate of drug-likeness (QED) is 0.883. The van der Waals surface area contributed by atoms with Gasteiger partial charge >= 0.3 is 5.97 Å². The normalized spacial score (nSPS) is 15.1. The number of benzene rings is 1. The molecule has 4 heteroatoms. The van der Waals surface area contributed by atoms with Gasteiger partial charge in [0, 0.05) is 12.2 Å². The first-order valence-corrected chi connectivity index (χ1v) is 5.63. The molecule has 0 radical (unpaired) electrons. The van der Waals surface area contributed by atoms with Crippen LogP contribution in [0.15, 0.2) is 24.4 Å². The summed E-state index contributed by atoms with van der Waals surface area (Å²) in [4.78, 5) is 11.3. The minimum atomic E-state index is -0.904. The largest absolute Gasteiger partial charge is 0.496 e. The van der Waals surface area contributed by atoms with E-state index in [-0.39, 0.29) is 0 Å². The fourth-order valence-electron chi connectivity index (χ4n) is 2.27. The second-order valence-electron chi connectivity index (χ2n) is 4.34. The van der Waals surface area contributed by atoms with Crippen molar-refractivity contribution in [3.8, 4) is 5.75 Å². The summed E-state index contributed by atoms with van der Waals surface area (Å²) in [6, 6.07) is 6.10.